The molecule has 0 unspecified atom stereocenters. The number of aliphatic hydroxyl groups is 1. The Kier molecular flexibility index (Phi) is 8.62. The average molecular weight is 701 g/mol. The zero-order valence-electron chi connectivity index (χ0n) is 30.8. The van der Waals surface area contributed by atoms with Gasteiger partial charge < -0.3 is 15.2 Å². The first kappa shape index (κ1) is 34.0. The van der Waals surface area contributed by atoms with E-state index in [0.717, 1.165) is 108 Å². The predicted octanol–water partition coefficient (Wildman–Crippen LogP) is 8.12. The van der Waals surface area contributed by atoms with Gasteiger partial charge in [0.05, 0.1) is 58.3 Å². The Hall–Kier alpha value is -6.14. The topological polar surface area (TPSA) is 121 Å². The van der Waals surface area contributed by atoms with E-state index in [-0.39, 0.29) is 24.2 Å². The van der Waals surface area contributed by atoms with Crippen LogP contribution >= 0.6 is 0 Å². The van der Waals surface area contributed by atoms with Crippen molar-refractivity contribution in [1.82, 2.24) is 15.3 Å². The Balaban J connectivity index is 1.27. The summed E-state index contributed by atoms with van der Waals surface area (Å²) in [6.45, 7) is 10.5. The van der Waals surface area contributed by atoms with Crippen molar-refractivity contribution in [2.45, 2.75) is 60.3 Å². The van der Waals surface area contributed by atoms with Crippen LogP contribution in [0, 0.1) is 23.7 Å². The SMILES string of the molecule is CCC1=C(C)C2=NC1=CC1=C(C)C3=C(O)CC(=C4NC(=CC5=NC(=C2)C(C#Cc2ccc(-c6ccccn6)nc2)=C5C)[C@@H](C)[C@@H]4CCC(=O)OC)C3=N1. The molecule has 264 valence electrons. The molecule has 6 aliphatic rings. The summed E-state index contributed by atoms with van der Waals surface area (Å²) in [5, 5.41) is 15.1. The van der Waals surface area contributed by atoms with Gasteiger partial charge in [-0.15, -0.1) is 0 Å². The van der Waals surface area contributed by atoms with Gasteiger partial charge in [0.1, 0.15) is 5.76 Å². The van der Waals surface area contributed by atoms with Crippen molar-refractivity contribution < 1.29 is 14.6 Å². The summed E-state index contributed by atoms with van der Waals surface area (Å²) < 4.78 is 5.03. The first-order chi connectivity index (χ1) is 25.6. The van der Waals surface area contributed by atoms with Gasteiger partial charge in [0, 0.05) is 65.2 Å². The maximum absolute atomic E-state index is 12.4. The van der Waals surface area contributed by atoms with Crippen LogP contribution in [-0.4, -0.2) is 45.3 Å². The second-order valence-electron chi connectivity index (χ2n) is 14.0. The van der Waals surface area contributed by atoms with Crippen molar-refractivity contribution >= 4 is 23.1 Å². The van der Waals surface area contributed by atoms with E-state index in [2.05, 4.69) is 60.9 Å². The fourth-order valence-corrected chi connectivity index (χ4v) is 7.91. The summed E-state index contributed by atoms with van der Waals surface area (Å²) >= 11 is 0. The molecule has 2 N–H and O–H groups in total. The van der Waals surface area contributed by atoms with Gasteiger partial charge in [-0.2, -0.15) is 0 Å². The molecule has 7 heterocycles. The molecule has 8 bridgehead atoms. The number of nitrogens with zero attached hydrogens (tertiary/aromatic N) is 5. The first-order valence-electron chi connectivity index (χ1n) is 18.1. The number of pyridine rings is 2. The lowest BCUT2D eigenvalue weighted by molar-refractivity contribution is -0.140. The number of methoxy groups -OCH3 is 1. The van der Waals surface area contributed by atoms with Crippen molar-refractivity contribution in [3.63, 3.8) is 0 Å². The third-order valence-electron chi connectivity index (χ3n) is 11.0. The number of hydrogen-bond acceptors (Lipinski definition) is 9. The summed E-state index contributed by atoms with van der Waals surface area (Å²) in [6.07, 6.45) is 11.8. The van der Waals surface area contributed by atoms with E-state index < -0.39 is 0 Å². The van der Waals surface area contributed by atoms with Crippen LogP contribution in [0.3, 0.4) is 0 Å². The zero-order valence-corrected chi connectivity index (χ0v) is 30.8. The highest BCUT2D eigenvalue weighted by Crippen LogP contribution is 2.46. The fourth-order valence-electron chi connectivity index (χ4n) is 7.91. The smallest absolute Gasteiger partial charge is 0.305 e. The maximum Gasteiger partial charge on any atom is 0.305 e. The van der Waals surface area contributed by atoms with Gasteiger partial charge in [-0.05, 0) is 98.4 Å². The molecule has 8 rings (SSSR count). The number of hydrogen-bond donors (Lipinski definition) is 2. The Labute approximate surface area is 309 Å². The van der Waals surface area contributed by atoms with E-state index in [1.54, 1.807) is 12.4 Å². The van der Waals surface area contributed by atoms with Crippen LogP contribution in [0.5, 0.6) is 0 Å². The number of carbonyl (C=O) groups excluding carboxylic acids is 1. The second-order valence-corrected chi connectivity index (χ2v) is 14.0. The maximum atomic E-state index is 12.4. The predicted molar refractivity (Wildman–Crippen MR) is 208 cm³/mol. The lowest BCUT2D eigenvalue weighted by Gasteiger charge is -2.17. The van der Waals surface area contributed by atoms with Crippen molar-refractivity contribution in [3.05, 3.63) is 140 Å². The quantitative estimate of drug-likeness (QED) is 0.240. The Morgan fingerprint density at radius 1 is 0.943 bits per heavy atom. The lowest BCUT2D eigenvalue weighted by Crippen LogP contribution is -2.16. The molecule has 0 spiro atoms. The number of allylic oxidation sites excluding steroid dienone is 12. The highest BCUT2D eigenvalue weighted by molar-refractivity contribution is 6.21. The van der Waals surface area contributed by atoms with Crippen LogP contribution in [-0.2, 0) is 9.53 Å². The van der Waals surface area contributed by atoms with Crippen LogP contribution in [0.2, 0.25) is 0 Å². The number of aromatic nitrogens is 2. The number of carbonyl (C=O) groups is 1. The Morgan fingerprint density at radius 2 is 1.74 bits per heavy atom. The molecule has 53 heavy (non-hydrogen) atoms. The average Bonchev–Trinajstić information content (AvgIpc) is 3.92. The molecular weight excluding hydrogens is 661 g/mol. The molecule has 9 nitrogen and oxygen atoms in total. The number of aliphatic imine (C=N–C) groups is 3. The summed E-state index contributed by atoms with van der Waals surface area (Å²) in [6, 6.07) is 9.67. The normalized spacial score (nSPS) is 21.6. The summed E-state index contributed by atoms with van der Waals surface area (Å²) in [5.41, 5.74) is 15.9. The van der Waals surface area contributed by atoms with E-state index in [9.17, 15) is 9.90 Å². The molecule has 5 aliphatic heterocycles. The van der Waals surface area contributed by atoms with Gasteiger partial charge in [0.25, 0.3) is 0 Å². The lowest BCUT2D eigenvalue weighted by atomic mass is 9.86. The van der Waals surface area contributed by atoms with Crippen LogP contribution in [0.4, 0.5) is 0 Å². The zero-order chi connectivity index (χ0) is 37.0. The molecule has 0 aromatic carbocycles. The molecule has 9 heteroatoms. The monoisotopic (exact) mass is 700 g/mol. The Morgan fingerprint density at radius 3 is 2.47 bits per heavy atom. The van der Waals surface area contributed by atoms with E-state index >= 15 is 0 Å². The van der Waals surface area contributed by atoms with E-state index in [4.69, 9.17) is 19.7 Å². The van der Waals surface area contributed by atoms with Crippen LogP contribution in [0.15, 0.2) is 149 Å². The molecule has 0 radical (unpaired) electrons. The number of nitrogens with one attached hydrogen (secondary N) is 1. The van der Waals surface area contributed by atoms with Gasteiger partial charge in [-0.1, -0.05) is 31.8 Å². The number of aliphatic hydroxyl groups excluding tert-OH is 1. The number of esters is 1. The molecule has 0 amide bonds. The first-order valence-corrected chi connectivity index (χ1v) is 18.1. The molecule has 0 saturated carbocycles. The van der Waals surface area contributed by atoms with E-state index in [0.29, 0.717) is 18.6 Å². The fraction of sp³-hybridized carbons (Fsp3) is 0.273. The largest absolute Gasteiger partial charge is 0.511 e. The number of rotatable bonds is 5. The summed E-state index contributed by atoms with van der Waals surface area (Å²) in [7, 11) is 1.42. The molecule has 2 aromatic heterocycles. The number of ether oxygens (including phenoxy) is 1. The molecule has 2 atom stereocenters. The van der Waals surface area contributed by atoms with E-state index in [1.807, 2.05) is 49.4 Å². The van der Waals surface area contributed by atoms with Crippen molar-refractivity contribution in [1.29, 1.82) is 0 Å². The molecule has 2 aromatic rings. The second kappa shape index (κ2) is 13.4. The van der Waals surface area contributed by atoms with Crippen molar-refractivity contribution in [2.75, 3.05) is 7.11 Å². The van der Waals surface area contributed by atoms with Crippen molar-refractivity contribution in [3.8, 4) is 23.2 Å². The summed E-state index contributed by atoms with van der Waals surface area (Å²) in [5.74, 6) is 6.85. The van der Waals surface area contributed by atoms with Crippen molar-refractivity contribution in [2.24, 2.45) is 26.8 Å². The third-order valence-corrected chi connectivity index (χ3v) is 11.0. The van der Waals surface area contributed by atoms with Crippen LogP contribution < -0.4 is 5.32 Å². The highest BCUT2D eigenvalue weighted by Gasteiger charge is 2.41. The Bertz CT molecular complexity index is 2410. The molecule has 1 saturated heterocycles. The minimum Gasteiger partial charge on any atom is -0.511 e. The standard InChI is InChI=1S/C44H40N6O3/c1-7-28-23(2)35-20-39-29(13-11-27-12-15-33(46-22-27)32-10-8-9-17-45-32)24(3)34(48-39)19-36-25(4)30(14-16-41(52)53-6)43(49-36)31-18-40(51)42-26(5)37(50-44(31)42)21-38(28)47-35/h8-10,12,15,17,19-22,25,30,49,51H,7,14,16,18H2,1-6H3/t25-,30-/m0/s1. The third kappa shape index (κ3) is 5.94. The summed E-state index contributed by atoms with van der Waals surface area (Å²) in [4.78, 5) is 36.9. The number of fused-ring (bicyclic) bond motifs is 5. The van der Waals surface area contributed by atoms with Crippen LogP contribution in [0.25, 0.3) is 11.4 Å². The highest BCUT2D eigenvalue weighted by atomic mass is 16.5. The van der Waals surface area contributed by atoms with Gasteiger partial charge in [-0.25, -0.2) is 15.0 Å². The van der Waals surface area contributed by atoms with Gasteiger partial charge in [0.2, 0.25) is 0 Å². The molecular formula is C44H40N6O3. The minimum atomic E-state index is -0.250. The van der Waals surface area contributed by atoms with Gasteiger partial charge in [0.15, 0.2) is 0 Å². The van der Waals surface area contributed by atoms with Crippen LogP contribution in [0.1, 0.15) is 65.9 Å². The van der Waals surface area contributed by atoms with Gasteiger partial charge >= 0.3 is 5.97 Å². The van der Waals surface area contributed by atoms with Gasteiger partial charge in [-0.3, -0.25) is 14.8 Å². The molecule has 1 fully saturated rings. The molecule has 1 aliphatic carbocycles. The minimum absolute atomic E-state index is 0.0236. The van der Waals surface area contributed by atoms with E-state index in [1.165, 1.54) is 7.11 Å².